The summed E-state index contributed by atoms with van der Waals surface area (Å²) in [4.78, 5) is 2.39. The summed E-state index contributed by atoms with van der Waals surface area (Å²) in [5.74, 6) is 0. The maximum absolute atomic E-state index is 3.74. The van der Waals surface area contributed by atoms with E-state index in [1.807, 2.05) is 0 Å². The van der Waals surface area contributed by atoms with E-state index in [0.29, 0.717) is 12.1 Å². The van der Waals surface area contributed by atoms with Crippen molar-refractivity contribution >= 4 is 21.6 Å². The number of anilines is 1. The molecule has 114 valence electrons. The number of nitrogens with zero attached hydrogens (tertiary/aromatic N) is 1. The molecule has 0 aromatic heterocycles. The van der Waals surface area contributed by atoms with Crippen molar-refractivity contribution in [1.82, 2.24) is 5.32 Å². The molecule has 0 amide bonds. The molecule has 0 aliphatic carbocycles. The molecule has 0 aliphatic rings. The maximum atomic E-state index is 3.74. The van der Waals surface area contributed by atoms with Gasteiger partial charge in [-0.15, -0.1) is 0 Å². The molecule has 0 radical (unpaired) electrons. The van der Waals surface area contributed by atoms with Gasteiger partial charge in [-0.1, -0.05) is 26.8 Å². The number of benzene rings is 1. The molecule has 1 aromatic rings. The summed E-state index contributed by atoms with van der Waals surface area (Å²) < 4.78 is 1.19. The van der Waals surface area contributed by atoms with E-state index in [0.717, 1.165) is 6.54 Å². The van der Waals surface area contributed by atoms with Crippen molar-refractivity contribution in [3.05, 3.63) is 28.2 Å². The van der Waals surface area contributed by atoms with Crippen LogP contribution in [0.5, 0.6) is 0 Å². The molecule has 1 unspecified atom stereocenters. The van der Waals surface area contributed by atoms with Crippen molar-refractivity contribution in [3.63, 3.8) is 0 Å². The van der Waals surface area contributed by atoms with Crippen LogP contribution in [0.4, 0.5) is 5.69 Å². The Hall–Kier alpha value is -0.540. The minimum atomic E-state index is 0.402. The van der Waals surface area contributed by atoms with Crippen molar-refractivity contribution in [2.75, 3.05) is 18.5 Å². The number of hydrogen-bond acceptors (Lipinski definition) is 2. The molecule has 0 bridgehead atoms. The van der Waals surface area contributed by atoms with Gasteiger partial charge in [-0.3, -0.25) is 0 Å². The Labute approximate surface area is 133 Å². The van der Waals surface area contributed by atoms with E-state index >= 15 is 0 Å². The fourth-order valence-electron chi connectivity index (χ4n) is 2.59. The molecule has 20 heavy (non-hydrogen) atoms. The lowest BCUT2D eigenvalue weighted by Crippen LogP contribution is -2.30. The molecule has 0 heterocycles. The quantitative estimate of drug-likeness (QED) is 0.705. The van der Waals surface area contributed by atoms with Crippen LogP contribution in [0.1, 0.15) is 58.6 Å². The van der Waals surface area contributed by atoms with E-state index in [2.05, 4.69) is 79.1 Å². The van der Waals surface area contributed by atoms with Crippen molar-refractivity contribution in [2.45, 2.75) is 59.0 Å². The third-order valence-electron chi connectivity index (χ3n) is 4.04. The second kappa shape index (κ2) is 8.68. The van der Waals surface area contributed by atoms with Gasteiger partial charge in [-0.05, 0) is 66.4 Å². The molecular weight excluding hydrogens is 312 g/mol. The van der Waals surface area contributed by atoms with Crippen LogP contribution >= 0.6 is 15.9 Å². The molecule has 0 fully saturated rings. The molecule has 1 N–H and O–H groups in total. The normalized spacial score (nSPS) is 12.8. The maximum Gasteiger partial charge on any atom is 0.0510 e. The molecule has 0 aliphatic heterocycles. The largest absolute Gasteiger partial charge is 0.371 e. The summed E-state index contributed by atoms with van der Waals surface area (Å²) in [5.41, 5.74) is 2.62. The van der Waals surface area contributed by atoms with Gasteiger partial charge in [0.05, 0.1) is 5.69 Å². The minimum Gasteiger partial charge on any atom is -0.371 e. The van der Waals surface area contributed by atoms with Gasteiger partial charge in [-0.25, -0.2) is 0 Å². The Morgan fingerprint density at radius 3 is 2.35 bits per heavy atom. The highest BCUT2D eigenvalue weighted by atomic mass is 79.9. The third kappa shape index (κ3) is 4.49. The Morgan fingerprint density at radius 2 is 1.85 bits per heavy atom. The van der Waals surface area contributed by atoms with Crippen LogP contribution in [0.15, 0.2) is 22.7 Å². The predicted octanol–water partition coefficient (Wildman–Crippen LogP) is 5.13. The van der Waals surface area contributed by atoms with E-state index in [1.54, 1.807) is 0 Å². The molecule has 0 saturated carbocycles. The lowest BCUT2D eigenvalue weighted by molar-refractivity contribution is 0.569. The first kappa shape index (κ1) is 17.5. The summed E-state index contributed by atoms with van der Waals surface area (Å²) in [6.07, 6.45) is 3.52. The third-order valence-corrected chi connectivity index (χ3v) is 4.68. The molecule has 0 spiro atoms. The number of nitrogens with one attached hydrogen (secondary N) is 1. The van der Waals surface area contributed by atoms with E-state index in [1.165, 1.54) is 35.0 Å². The van der Waals surface area contributed by atoms with Crippen LogP contribution in [0.25, 0.3) is 0 Å². The standard InChI is InChI=1S/C17H29BrN2/c1-6-11-19-13(4)14-9-10-17(16(18)12-14)20(5)15(7-2)8-3/h9-10,12-13,15,19H,6-8,11H2,1-5H3. The smallest absolute Gasteiger partial charge is 0.0510 e. The fourth-order valence-corrected chi connectivity index (χ4v) is 3.27. The van der Waals surface area contributed by atoms with Crippen molar-refractivity contribution in [1.29, 1.82) is 0 Å². The fraction of sp³-hybridized carbons (Fsp3) is 0.647. The second-order valence-electron chi connectivity index (χ2n) is 5.47. The summed E-state index contributed by atoms with van der Waals surface area (Å²) in [5, 5.41) is 3.54. The average Bonchev–Trinajstić information content (AvgIpc) is 2.45. The number of rotatable bonds is 8. The molecule has 3 heteroatoms. The Kier molecular flexibility index (Phi) is 7.60. The van der Waals surface area contributed by atoms with Crippen molar-refractivity contribution in [3.8, 4) is 0 Å². The molecular formula is C17H29BrN2. The van der Waals surface area contributed by atoms with Crippen LogP contribution in [0.3, 0.4) is 0 Å². The van der Waals surface area contributed by atoms with Gasteiger partial charge in [0.1, 0.15) is 0 Å². The van der Waals surface area contributed by atoms with Crippen LogP contribution < -0.4 is 10.2 Å². The topological polar surface area (TPSA) is 15.3 Å². The Morgan fingerprint density at radius 1 is 1.20 bits per heavy atom. The van der Waals surface area contributed by atoms with Crippen LogP contribution in [-0.4, -0.2) is 19.6 Å². The minimum absolute atomic E-state index is 0.402. The summed E-state index contributed by atoms with van der Waals surface area (Å²) in [6, 6.07) is 7.74. The molecule has 2 nitrogen and oxygen atoms in total. The van der Waals surface area contributed by atoms with Crippen LogP contribution in [0.2, 0.25) is 0 Å². The zero-order valence-electron chi connectivity index (χ0n) is 13.5. The first-order valence-corrected chi connectivity index (χ1v) is 8.60. The highest BCUT2D eigenvalue weighted by Gasteiger charge is 2.15. The summed E-state index contributed by atoms with van der Waals surface area (Å²) in [6.45, 7) is 9.99. The highest BCUT2D eigenvalue weighted by Crippen LogP contribution is 2.30. The van der Waals surface area contributed by atoms with Crippen LogP contribution in [-0.2, 0) is 0 Å². The number of hydrogen-bond donors (Lipinski definition) is 1. The second-order valence-corrected chi connectivity index (χ2v) is 6.32. The van der Waals surface area contributed by atoms with Gasteiger partial charge < -0.3 is 10.2 Å². The Balaban J connectivity index is 2.87. The van der Waals surface area contributed by atoms with E-state index in [4.69, 9.17) is 0 Å². The van der Waals surface area contributed by atoms with Crippen molar-refractivity contribution in [2.24, 2.45) is 0 Å². The lowest BCUT2D eigenvalue weighted by atomic mass is 10.1. The molecule has 1 rings (SSSR count). The summed E-state index contributed by atoms with van der Waals surface area (Å²) >= 11 is 3.74. The SMILES string of the molecule is CCCNC(C)c1ccc(N(C)C(CC)CC)c(Br)c1. The average molecular weight is 341 g/mol. The molecule has 1 aromatic carbocycles. The van der Waals surface area contributed by atoms with E-state index in [9.17, 15) is 0 Å². The van der Waals surface area contributed by atoms with Crippen molar-refractivity contribution < 1.29 is 0 Å². The Bertz CT molecular complexity index is 402. The first-order chi connectivity index (χ1) is 9.54. The van der Waals surface area contributed by atoms with Gasteiger partial charge in [-0.2, -0.15) is 0 Å². The first-order valence-electron chi connectivity index (χ1n) is 7.80. The zero-order chi connectivity index (χ0) is 15.1. The molecule has 0 saturated heterocycles. The summed E-state index contributed by atoms with van der Waals surface area (Å²) in [7, 11) is 2.19. The van der Waals surface area contributed by atoms with Gasteiger partial charge in [0.25, 0.3) is 0 Å². The van der Waals surface area contributed by atoms with Crippen LogP contribution in [0, 0.1) is 0 Å². The predicted molar refractivity (Wildman–Crippen MR) is 93.6 cm³/mol. The lowest BCUT2D eigenvalue weighted by Gasteiger charge is -2.30. The number of halogens is 1. The van der Waals surface area contributed by atoms with Gasteiger partial charge in [0.15, 0.2) is 0 Å². The molecule has 1 atom stereocenters. The van der Waals surface area contributed by atoms with E-state index in [-0.39, 0.29) is 0 Å². The van der Waals surface area contributed by atoms with E-state index < -0.39 is 0 Å². The van der Waals surface area contributed by atoms with Gasteiger partial charge in [0, 0.05) is 23.6 Å². The highest BCUT2D eigenvalue weighted by molar-refractivity contribution is 9.10. The van der Waals surface area contributed by atoms with Gasteiger partial charge >= 0.3 is 0 Å². The zero-order valence-corrected chi connectivity index (χ0v) is 15.1. The monoisotopic (exact) mass is 340 g/mol. The van der Waals surface area contributed by atoms with Gasteiger partial charge in [0.2, 0.25) is 0 Å².